The quantitative estimate of drug-likeness (QED) is 0.442. The van der Waals surface area contributed by atoms with Crippen LogP contribution in [-0.2, 0) is 7.05 Å². The minimum absolute atomic E-state index is 0.583. The van der Waals surface area contributed by atoms with Crippen molar-refractivity contribution in [2.24, 2.45) is 7.05 Å². The first-order valence-corrected chi connectivity index (χ1v) is 10.2. The van der Waals surface area contributed by atoms with E-state index < -0.39 is 0 Å². The third-order valence-corrected chi connectivity index (χ3v) is 5.63. The molecule has 146 valence electrons. The van der Waals surface area contributed by atoms with Crippen LogP contribution in [0.1, 0.15) is 24.5 Å². The number of rotatable bonds is 4. The summed E-state index contributed by atoms with van der Waals surface area (Å²) in [5.74, 6) is 2.02. The maximum Gasteiger partial charge on any atom is 0.183 e. The Hall–Kier alpha value is -3.80. The van der Waals surface area contributed by atoms with Crippen LogP contribution >= 0.6 is 0 Å². The Morgan fingerprint density at radius 2 is 1.77 bits per heavy atom. The van der Waals surface area contributed by atoms with Crippen molar-refractivity contribution >= 4 is 10.8 Å². The maximum absolute atomic E-state index is 4.91. The molecule has 3 heterocycles. The highest BCUT2D eigenvalue weighted by Gasteiger charge is 2.28. The lowest BCUT2D eigenvalue weighted by Crippen LogP contribution is -2.03. The first kappa shape index (κ1) is 17.1. The Balaban J connectivity index is 1.56. The van der Waals surface area contributed by atoms with E-state index in [-0.39, 0.29) is 0 Å². The van der Waals surface area contributed by atoms with Crippen LogP contribution in [0.25, 0.3) is 39.4 Å². The third-order valence-electron chi connectivity index (χ3n) is 5.63. The summed E-state index contributed by atoms with van der Waals surface area (Å²) in [5.41, 5.74) is 3.97. The fraction of sp³-hybridized carbons (Fsp3) is 0.167. The van der Waals surface area contributed by atoms with Gasteiger partial charge in [0, 0.05) is 30.9 Å². The molecule has 0 spiro atoms. The highest BCUT2D eigenvalue weighted by Crippen LogP contribution is 2.40. The van der Waals surface area contributed by atoms with E-state index in [1.165, 1.54) is 23.6 Å². The Kier molecular flexibility index (Phi) is 3.77. The van der Waals surface area contributed by atoms with Gasteiger partial charge in [0.25, 0.3) is 0 Å². The molecule has 6 rings (SSSR count). The Labute approximate surface area is 173 Å². The Morgan fingerprint density at radius 1 is 0.900 bits per heavy atom. The van der Waals surface area contributed by atoms with Crippen molar-refractivity contribution in [1.29, 1.82) is 0 Å². The Bertz CT molecular complexity index is 1360. The maximum atomic E-state index is 4.91. The summed E-state index contributed by atoms with van der Waals surface area (Å²) in [6, 6.07) is 20.8. The van der Waals surface area contributed by atoms with Crippen molar-refractivity contribution < 1.29 is 0 Å². The zero-order chi connectivity index (χ0) is 20.1. The van der Waals surface area contributed by atoms with Crippen LogP contribution < -0.4 is 0 Å². The standard InChI is InChI=1S/C24H20N6/c1-29-22(14-21(27-29)17-8-9-17)24-26-23(19-7-4-12-25-15-19)28-30(24)20-11-10-16-5-2-3-6-18(16)13-20/h2-7,10-15,17H,8-9H2,1H3. The zero-order valence-corrected chi connectivity index (χ0v) is 16.6. The summed E-state index contributed by atoms with van der Waals surface area (Å²) in [6.07, 6.45) is 5.99. The molecule has 0 aliphatic heterocycles. The topological polar surface area (TPSA) is 61.4 Å². The van der Waals surface area contributed by atoms with Gasteiger partial charge in [0.2, 0.25) is 0 Å². The lowest BCUT2D eigenvalue weighted by molar-refractivity contribution is 0.741. The number of benzene rings is 2. The summed E-state index contributed by atoms with van der Waals surface area (Å²) in [5, 5.41) is 12.0. The molecule has 0 unspecified atom stereocenters. The molecular weight excluding hydrogens is 372 g/mol. The van der Waals surface area contributed by atoms with E-state index in [0.29, 0.717) is 11.7 Å². The van der Waals surface area contributed by atoms with Crippen LogP contribution in [0.4, 0.5) is 0 Å². The van der Waals surface area contributed by atoms with Crippen LogP contribution in [-0.4, -0.2) is 29.5 Å². The minimum atomic E-state index is 0.583. The molecule has 1 aliphatic carbocycles. The fourth-order valence-electron chi connectivity index (χ4n) is 3.86. The molecule has 0 atom stereocenters. The molecule has 5 aromatic rings. The average Bonchev–Trinajstić information content (AvgIpc) is 3.43. The Morgan fingerprint density at radius 3 is 2.57 bits per heavy atom. The third kappa shape index (κ3) is 2.88. The molecule has 0 N–H and O–H groups in total. The highest BCUT2D eigenvalue weighted by molar-refractivity contribution is 5.84. The summed E-state index contributed by atoms with van der Waals surface area (Å²) >= 11 is 0. The first-order valence-electron chi connectivity index (χ1n) is 10.2. The second-order valence-corrected chi connectivity index (χ2v) is 7.80. The van der Waals surface area contributed by atoms with E-state index in [9.17, 15) is 0 Å². The van der Waals surface area contributed by atoms with Crippen LogP contribution in [0.15, 0.2) is 73.1 Å². The van der Waals surface area contributed by atoms with Crippen LogP contribution in [0, 0.1) is 0 Å². The highest BCUT2D eigenvalue weighted by atomic mass is 15.4. The van der Waals surface area contributed by atoms with Crippen LogP contribution in [0.3, 0.4) is 0 Å². The molecule has 3 aromatic heterocycles. The van der Waals surface area contributed by atoms with Crippen molar-refractivity contribution in [1.82, 2.24) is 29.5 Å². The van der Waals surface area contributed by atoms with Crippen LogP contribution in [0.5, 0.6) is 0 Å². The molecule has 1 saturated carbocycles. The number of aromatic nitrogens is 6. The molecule has 0 radical (unpaired) electrons. The van der Waals surface area contributed by atoms with Gasteiger partial charge in [-0.25, -0.2) is 9.67 Å². The summed E-state index contributed by atoms with van der Waals surface area (Å²) in [7, 11) is 1.98. The normalized spacial score (nSPS) is 13.8. The van der Waals surface area contributed by atoms with Gasteiger partial charge in [-0.05, 0) is 53.9 Å². The second kappa shape index (κ2) is 6.62. The fourth-order valence-corrected chi connectivity index (χ4v) is 3.86. The van der Waals surface area contributed by atoms with Gasteiger partial charge in [-0.15, -0.1) is 5.10 Å². The molecule has 0 bridgehead atoms. The SMILES string of the molecule is Cn1nc(C2CC2)cc1-c1nc(-c2cccnc2)nn1-c1ccc2ccccc2c1. The van der Waals surface area contributed by atoms with Crippen molar-refractivity contribution in [3.05, 3.63) is 78.8 Å². The number of pyridine rings is 1. The molecule has 30 heavy (non-hydrogen) atoms. The van der Waals surface area contributed by atoms with Gasteiger partial charge in [-0.2, -0.15) is 5.10 Å². The van der Waals surface area contributed by atoms with Gasteiger partial charge in [0.15, 0.2) is 11.6 Å². The number of fused-ring (bicyclic) bond motifs is 1. The molecule has 6 nitrogen and oxygen atoms in total. The summed E-state index contributed by atoms with van der Waals surface area (Å²) in [4.78, 5) is 9.14. The minimum Gasteiger partial charge on any atom is -0.264 e. The number of hydrogen-bond donors (Lipinski definition) is 0. The van der Waals surface area contributed by atoms with Crippen molar-refractivity contribution in [3.63, 3.8) is 0 Å². The van der Waals surface area contributed by atoms with E-state index in [1.807, 2.05) is 28.5 Å². The van der Waals surface area contributed by atoms with Crippen LogP contribution in [0.2, 0.25) is 0 Å². The number of hydrogen-bond acceptors (Lipinski definition) is 4. The van der Waals surface area contributed by atoms with Gasteiger partial charge < -0.3 is 0 Å². The van der Waals surface area contributed by atoms with Gasteiger partial charge in [-0.3, -0.25) is 9.67 Å². The summed E-state index contributed by atoms with van der Waals surface area (Å²) < 4.78 is 3.84. The van der Waals surface area contributed by atoms with E-state index in [1.54, 1.807) is 12.4 Å². The number of aryl methyl sites for hydroxylation is 1. The lowest BCUT2D eigenvalue weighted by Gasteiger charge is -2.07. The molecule has 1 aliphatic rings. The van der Waals surface area contributed by atoms with E-state index in [0.717, 1.165) is 28.5 Å². The first-order chi connectivity index (χ1) is 14.8. The largest absolute Gasteiger partial charge is 0.264 e. The van der Waals surface area contributed by atoms with E-state index in [2.05, 4.69) is 53.5 Å². The average molecular weight is 392 g/mol. The van der Waals surface area contributed by atoms with Gasteiger partial charge in [0.1, 0.15) is 5.69 Å². The predicted molar refractivity (Wildman–Crippen MR) is 116 cm³/mol. The van der Waals surface area contributed by atoms with Gasteiger partial charge in [-0.1, -0.05) is 30.3 Å². The van der Waals surface area contributed by atoms with Crippen molar-refractivity contribution in [3.8, 4) is 28.6 Å². The predicted octanol–water partition coefficient (Wildman–Crippen LogP) is 4.76. The molecule has 1 fully saturated rings. The lowest BCUT2D eigenvalue weighted by atomic mass is 10.1. The second-order valence-electron chi connectivity index (χ2n) is 7.80. The monoisotopic (exact) mass is 392 g/mol. The molecule has 6 heteroatoms. The smallest absolute Gasteiger partial charge is 0.183 e. The molecule has 0 saturated heterocycles. The number of nitrogens with zero attached hydrogens (tertiary/aromatic N) is 6. The van der Waals surface area contributed by atoms with E-state index in [4.69, 9.17) is 15.2 Å². The zero-order valence-electron chi connectivity index (χ0n) is 16.6. The van der Waals surface area contributed by atoms with E-state index >= 15 is 0 Å². The van der Waals surface area contributed by atoms with Gasteiger partial charge in [0.05, 0.1) is 11.4 Å². The van der Waals surface area contributed by atoms with Crippen molar-refractivity contribution in [2.45, 2.75) is 18.8 Å². The molecule has 2 aromatic carbocycles. The molecule has 0 amide bonds. The van der Waals surface area contributed by atoms with Gasteiger partial charge >= 0.3 is 0 Å². The summed E-state index contributed by atoms with van der Waals surface area (Å²) in [6.45, 7) is 0. The molecular formula is C24H20N6. The van der Waals surface area contributed by atoms with Crippen molar-refractivity contribution in [2.75, 3.05) is 0 Å².